The van der Waals surface area contributed by atoms with Gasteiger partial charge in [-0.2, -0.15) is 18.2 Å². The van der Waals surface area contributed by atoms with Crippen LogP contribution in [0.2, 0.25) is 0 Å². The molecule has 0 unspecified atom stereocenters. The second-order valence-electron chi connectivity index (χ2n) is 4.47. The van der Waals surface area contributed by atoms with Crippen LogP contribution in [0.1, 0.15) is 11.1 Å². The normalized spacial score (nSPS) is 11.0. The van der Waals surface area contributed by atoms with Crippen LogP contribution in [0.5, 0.6) is 11.5 Å². The Morgan fingerprint density at radius 2 is 1.74 bits per heavy atom. The molecule has 23 heavy (non-hydrogen) atoms. The third-order valence-corrected chi connectivity index (χ3v) is 2.96. The fourth-order valence-electron chi connectivity index (χ4n) is 1.81. The van der Waals surface area contributed by atoms with Gasteiger partial charge in [0, 0.05) is 5.56 Å². The summed E-state index contributed by atoms with van der Waals surface area (Å²) in [6, 6.07) is 4.45. The van der Waals surface area contributed by atoms with Crippen molar-refractivity contribution in [3.05, 3.63) is 53.1 Å². The zero-order chi connectivity index (χ0) is 17.2. The highest BCUT2D eigenvalue weighted by Gasteiger charge is 2.33. The summed E-state index contributed by atoms with van der Waals surface area (Å²) in [4.78, 5) is 13.7. The number of aliphatic imine (C=N–C) groups is 1. The first kappa shape index (κ1) is 16.6. The van der Waals surface area contributed by atoms with Crippen LogP contribution in [0.3, 0.4) is 0 Å². The minimum absolute atomic E-state index is 0.0564. The van der Waals surface area contributed by atoms with Gasteiger partial charge in [-0.1, -0.05) is 6.07 Å². The van der Waals surface area contributed by atoms with Crippen molar-refractivity contribution in [1.29, 1.82) is 0 Å². The standard InChI is InChI=1S/C15H8F5NO2/c1-8-12(21-7-22)3-2-4-13(8)23-14-10(16)5-9(6-11(14)17)15(18,19)20/h2-6H,1H3. The molecule has 2 rings (SSSR count). The van der Waals surface area contributed by atoms with Crippen LogP contribution in [0.4, 0.5) is 27.6 Å². The Balaban J connectivity index is 2.46. The first-order valence-electron chi connectivity index (χ1n) is 6.15. The molecule has 0 aliphatic heterocycles. The van der Waals surface area contributed by atoms with Crippen LogP contribution in [-0.2, 0) is 11.0 Å². The molecular weight excluding hydrogens is 321 g/mol. The molecule has 0 saturated carbocycles. The number of isocyanates is 1. The smallest absolute Gasteiger partial charge is 0.416 e. The number of rotatable bonds is 3. The molecule has 120 valence electrons. The quantitative estimate of drug-likeness (QED) is 0.449. The third kappa shape index (κ3) is 3.54. The van der Waals surface area contributed by atoms with E-state index in [0.29, 0.717) is 0 Å². The Kier molecular flexibility index (Phi) is 4.47. The van der Waals surface area contributed by atoms with Crippen molar-refractivity contribution in [2.75, 3.05) is 0 Å². The number of nitrogens with zero attached hydrogens (tertiary/aromatic N) is 1. The van der Waals surface area contributed by atoms with Gasteiger partial charge in [-0.05, 0) is 31.2 Å². The number of carbonyl (C=O) groups excluding carboxylic acids is 1. The SMILES string of the molecule is Cc1c(N=C=O)cccc1Oc1c(F)cc(C(F)(F)F)cc1F. The van der Waals surface area contributed by atoms with Crippen LogP contribution in [-0.4, -0.2) is 6.08 Å². The van der Waals surface area contributed by atoms with Gasteiger partial charge >= 0.3 is 6.18 Å². The Hall–Kier alpha value is -2.73. The first-order valence-corrected chi connectivity index (χ1v) is 6.15. The average Bonchev–Trinajstić information content (AvgIpc) is 2.45. The van der Waals surface area contributed by atoms with E-state index < -0.39 is 29.1 Å². The molecular formula is C15H8F5NO2. The van der Waals surface area contributed by atoms with Crippen LogP contribution in [0.15, 0.2) is 35.3 Å². The summed E-state index contributed by atoms with van der Waals surface area (Å²) < 4.78 is 70.0. The summed E-state index contributed by atoms with van der Waals surface area (Å²) in [6.07, 6.45) is -3.57. The molecule has 0 atom stereocenters. The molecule has 2 aromatic rings. The molecule has 2 aromatic carbocycles. The van der Waals surface area contributed by atoms with Gasteiger partial charge in [0.1, 0.15) is 5.75 Å². The van der Waals surface area contributed by atoms with Gasteiger partial charge in [-0.3, -0.25) is 0 Å². The lowest BCUT2D eigenvalue weighted by Crippen LogP contribution is -2.07. The van der Waals surface area contributed by atoms with E-state index >= 15 is 0 Å². The van der Waals surface area contributed by atoms with Gasteiger partial charge in [0.2, 0.25) is 6.08 Å². The van der Waals surface area contributed by atoms with E-state index in [1.54, 1.807) is 0 Å². The van der Waals surface area contributed by atoms with Crippen molar-refractivity contribution < 1.29 is 31.5 Å². The zero-order valence-electron chi connectivity index (χ0n) is 11.5. The van der Waals surface area contributed by atoms with Crippen molar-refractivity contribution in [3.8, 4) is 11.5 Å². The summed E-state index contributed by atoms with van der Waals surface area (Å²) in [5, 5.41) is 0. The summed E-state index contributed by atoms with van der Waals surface area (Å²) in [5.74, 6) is -4.03. The maximum absolute atomic E-state index is 13.8. The molecule has 0 N–H and O–H groups in total. The van der Waals surface area contributed by atoms with Crippen molar-refractivity contribution in [2.24, 2.45) is 4.99 Å². The molecule has 0 aromatic heterocycles. The Morgan fingerprint density at radius 1 is 1.13 bits per heavy atom. The maximum Gasteiger partial charge on any atom is 0.416 e. The van der Waals surface area contributed by atoms with E-state index in [4.69, 9.17) is 4.74 Å². The highest BCUT2D eigenvalue weighted by Crippen LogP contribution is 2.37. The van der Waals surface area contributed by atoms with Gasteiger partial charge in [0.05, 0.1) is 11.3 Å². The lowest BCUT2D eigenvalue weighted by atomic mass is 10.1. The molecule has 0 spiro atoms. The van der Waals surface area contributed by atoms with E-state index in [-0.39, 0.29) is 29.1 Å². The summed E-state index contributed by atoms with van der Waals surface area (Å²) in [7, 11) is 0. The van der Waals surface area contributed by atoms with Gasteiger partial charge in [0.25, 0.3) is 0 Å². The Morgan fingerprint density at radius 3 is 2.26 bits per heavy atom. The minimum atomic E-state index is -4.88. The van der Waals surface area contributed by atoms with Gasteiger partial charge in [-0.25, -0.2) is 13.6 Å². The number of halogens is 5. The predicted octanol–water partition coefficient (Wildman–Crippen LogP) is 5.05. The monoisotopic (exact) mass is 329 g/mol. The van der Waals surface area contributed by atoms with Crippen molar-refractivity contribution in [3.63, 3.8) is 0 Å². The molecule has 0 saturated heterocycles. The molecule has 0 fully saturated rings. The zero-order valence-corrected chi connectivity index (χ0v) is 11.5. The summed E-state index contributed by atoms with van der Waals surface area (Å²) >= 11 is 0. The third-order valence-electron chi connectivity index (χ3n) is 2.96. The highest BCUT2D eigenvalue weighted by atomic mass is 19.4. The largest absolute Gasteiger partial charge is 0.451 e. The average molecular weight is 329 g/mol. The van der Waals surface area contributed by atoms with Crippen molar-refractivity contribution >= 4 is 11.8 Å². The summed E-state index contributed by atoms with van der Waals surface area (Å²) in [6.45, 7) is 1.46. The lowest BCUT2D eigenvalue weighted by Gasteiger charge is -2.13. The molecule has 0 radical (unpaired) electrons. The fraction of sp³-hybridized carbons (Fsp3) is 0.133. The van der Waals surface area contributed by atoms with Crippen LogP contribution >= 0.6 is 0 Å². The highest BCUT2D eigenvalue weighted by molar-refractivity contribution is 5.58. The van der Waals surface area contributed by atoms with Crippen molar-refractivity contribution in [1.82, 2.24) is 0 Å². The van der Waals surface area contributed by atoms with Crippen LogP contribution in [0.25, 0.3) is 0 Å². The second kappa shape index (κ2) is 6.18. The fourth-order valence-corrected chi connectivity index (χ4v) is 1.81. The number of benzene rings is 2. The molecule has 0 bridgehead atoms. The molecule has 0 aliphatic rings. The molecule has 0 amide bonds. The Labute approximate surface area is 127 Å². The Bertz CT molecular complexity index is 772. The lowest BCUT2D eigenvalue weighted by molar-refractivity contribution is -0.138. The van der Waals surface area contributed by atoms with E-state index in [1.807, 2.05) is 0 Å². The number of ether oxygens (including phenoxy) is 1. The van der Waals surface area contributed by atoms with Crippen LogP contribution in [0, 0.1) is 18.6 Å². The molecule has 0 aliphatic carbocycles. The van der Waals surface area contributed by atoms with Crippen molar-refractivity contribution in [2.45, 2.75) is 13.1 Å². The van der Waals surface area contributed by atoms with Gasteiger partial charge in [0.15, 0.2) is 17.4 Å². The number of hydrogen-bond acceptors (Lipinski definition) is 3. The van der Waals surface area contributed by atoms with Gasteiger partial charge < -0.3 is 4.74 Å². The first-order chi connectivity index (χ1) is 10.7. The molecule has 3 nitrogen and oxygen atoms in total. The molecule has 8 heteroatoms. The number of alkyl halides is 3. The summed E-state index contributed by atoms with van der Waals surface area (Å²) in [5.41, 5.74) is -1.03. The minimum Gasteiger partial charge on any atom is -0.451 e. The van der Waals surface area contributed by atoms with Gasteiger partial charge in [-0.15, -0.1) is 0 Å². The van der Waals surface area contributed by atoms with E-state index in [0.717, 1.165) is 0 Å². The second-order valence-corrected chi connectivity index (χ2v) is 4.47. The molecule has 0 heterocycles. The predicted molar refractivity (Wildman–Crippen MR) is 70.4 cm³/mol. The maximum atomic E-state index is 13.8. The van der Waals surface area contributed by atoms with E-state index in [2.05, 4.69) is 4.99 Å². The van der Waals surface area contributed by atoms with E-state index in [1.165, 1.54) is 31.2 Å². The van der Waals surface area contributed by atoms with E-state index in [9.17, 15) is 26.7 Å². The number of hydrogen-bond donors (Lipinski definition) is 0. The van der Waals surface area contributed by atoms with Crippen LogP contribution < -0.4 is 4.74 Å². The topological polar surface area (TPSA) is 38.7 Å².